The lowest BCUT2D eigenvalue weighted by Crippen LogP contribution is -2.32. The van der Waals surface area contributed by atoms with Crippen LogP contribution in [0.4, 0.5) is 5.69 Å². The van der Waals surface area contributed by atoms with Gasteiger partial charge in [-0.2, -0.15) is 0 Å². The summed E-state index contributed by atoms with van der Waals surface area (Å²) in [4.78, 5) is 15.1. The van der Waals surface area contributed by atoms with Gasteiger partial charge >= 0.3 is 0 Å². The number of carbonyl (C=O) groups excluding carboxylic acids is 1. The molecule has 1 rings (SSSR count). The zero-order valence-electron chi connectivity index (χ0n) is 7.12. The molecule has 1 heterocycles. The van der Waals surface area contributed by atoms with Gasteiger partial charge < -0.3 is 11.1 Å². The summed E-state index contributed by atoms with van der Waals surface area (Å²) in [7, 11) is 0. The molecule has 0 radical (unpaired) electrons. The van der Waals surface area contributed by atoms with Gasteiger partial charge in [0.05, 0.1) is 11.7 Å². The number of hydrogen-bond acceptors (Lipinski definition) is 3. The van der Waals surface area contributed by atoms with Crippen LogP contribution in [0.1, 0.15) is 6.92 Å². The van der Waals surface area contributed by atoms with Crippen molar-refractivity contribution in [2.45, 2.75) is 13.0 Å². The average Bonchev–Trinajstić information content (AvgIpc) is 2.08. The normalized spacial score (nSPS) is 12.2. The third-order valence-corrected chi connectivity index (χ3v) is 2.06. The minimum absolute atomic E-state index is 0.228. The number of halogens is 1. The molecule has 0 saturated carbocycles. The number of hydrogen-bond donors (Lipinski definition) is 2. The van der Waals surface area contributed by atoms with Crippen molar-refractivity contribution in [1.29, 1.82) is 0 Å². The van der Waals surface area contributed by atoms with Gasteiger partial charge in [0, 0.05) is 6.20 Å². The molecule has 1 aromatic heterocycles. The molecule has 1 amide bonds. The molecule has 5 heteroatoms. The van der Waals surface area contributed by atoms with Crippen LogP contribution in [0.2, 0.25) is 0 Å². The summed E-state index contributed by atoms with van der Waals surface area (Å²) in [6.45, 7) is 1.62. The number of anilines is 1. The Kier molecular flexibility index (Phi) is 3.39. The zero-order chi connectivity index (χ0) is 9.84. The van der Waals surface area contributed by atoms with E-state index in [1.165, 1.54) is 0 Å². The molecule has 1 aromatic rings. The highest BCUT2D eigenvalue weighted by atomic mass is 79.9. The quantitative estimate of drug-likeness (QED) is 0.766. The molecular formula is C8H10BrN3O. The molecule has 0 aliphatic carbocycles. The molecule has 0 aliphatic heterocycles. The van der Waals surface area contributed by atoms with E-state index < -0.39 is 6.04 Å². The van der Waals surface area contributed by atoms with Gasteiger partial charge in [-0.05, 0) is 35.0 Å². The highest BCUT2D eigenvalue weighted by Crippen LogP contribution is 2.17. The van der Waals surface area contributed by atoms with Crippen molar-refractivity contribution in [3.05, 3.63) is 22.9 Å². The first-order valence-electron chi connectivity index (χ1n) is 3.78. The second kappa shape index (κ2) is 4.34. The van der Waals surface area contributed by atoms with Gasteiger partial charge in [-0.15, -0.1) is 0 Å². The van der Waals surface area contributed by atoms with Crippen molar-refractivity contribution in [1.82, 2.24) is 4.98 Å². The van der Waals surface area contributed by atoms with Gasteiger partial charge in [-0.3, -0.25) is 4.79 Å². The number of nitrogens with two attached hydrogens (primary N) is 1. The van der Waals surface area contributed by atoms with E-state index in [-0.39, 0.29) is 5.91 Å². The summed E-state index contributed by atoms with van der Waals surface area (Å²) >= 11 is 3.21. The van der Waals surface area contributed by atoms with E-state index in [2.05, 4.69) is 26.2 Å². The van der Waals surface area contributed by atoms with Crippen molar-refractivity contribution >= 4 is 27.5 Å². The lowest BCUT2D eigenvalue weighted by Gasteiger charge is -2.07. The number of nitrogens with zero attached hydrogens (tertiary/aromatic N) is 1. The Bertz CT molecular complexity index is 314. The number of amides is 1. The Morgan fingerprint density at radius 1 is 1.77 bits per heavy atom. The zero-order valence-corrected chi connectivity index (χ0v) is 8.71. The standard InChI is InChI=1S/C8H10BrN3O/c1-5(10)8(13)12-6-3-2-4-11-7(6)9/h2-5H,10H2,1H3,(H,12,13)/t5-/m0/s1. The summed E-state index contributed by atoms with van der Waals surface area (Å²) < 4.78 is 0.601. The fourth-order valence-electron chi connectivity index (χ4n) is 0.726. The predicted octanol–water partition coefficient (Wildman–Crippen LogP) is 1.13. The van der Waals surface area contributed by atoms with Crippen LogP contribution in [-0.4, -0.2) is 16.9 Å². The van der Waals surface area contributed by atoms with Crippen LogP contribution in [-0.2, 0) is 4.79 Å². The molecule has 0 fully saturated rings. The number of carbonyl (C=O) groups is 1. The van der Waals surface area contributed by atoms with E-state index in [0.29, 0.717) is 10.3 Å². The lowest BCUT2D eigenvalue weighted by molar-refractivity contribution is -0.117. The molecule has 0 aromatic carbocycles. The molecule has 0 saturated heterocycles. The first-order valence-corrected chi connectivity index (χ1v) is 4.57. The van der Waals surface area contributed by atoms with Crippen LogP contribution in [0.3, 0.4) is 0 Å². The maximum Gasteiger partial charge on any atom is 0.241 e. The smallest absolute Gasteiger partial charge is 0.241 e. The number of aromatic nitrogens is 1. The van der Waals surface area contributed by atoms with E-state index >= 15 is 0 Å². The predicted molar refractivity (Wildman–Crippen MR) is 54.2 cm³/mol. The topological polar surface area (TPSA) is 68.0 Å². The van der Waals surface area contributed by atoms with Gasteiger partial charge in [-0.1, -0.05) is 0 Å². The van der Waals surface area contributed by atoms with Crippen LogP contribution >= 0.6 is 15.9 Å². The summed E-state index contributed by atoms with van der Waals surface area (Å²) in [5.41, 5.74) is 6.02. The van der Waals surface area contributed by atoms with Gasteiger partial charge in [0.15, 0.2) is 0 Å². The molecule has 13 heavy (non-hydrogen) atoms. The molecule has 0 aliphatic rings. The summed E-state index contributed by atoms with van der Waals surface area (Å²) in [6, 6.07) is 2.96. The van der Waals surface area contributed by atoms with Crippen molar-refractivity contribution in [2.24, 2.45) is 5.73 Å². The molecule has 0 spiro atoms. The summed E-state index contributed by atoms with van der Waals surface area (Å²) in [5, 5.41) is 2.64. The lowest BCUT2D eigenvalue weighted by atomic mass is 10.3. The molecule has 1 atom stereocenters. The fraction of sp³-hybridized carbons (Fsp3) is 0.250. The van der Waals surface area contributed by atoms with Gasteiger partial charge in [-0.25, -0.2) is 4.98 Å². The first kappa shape index (κ1) is 10.1. The Morgan fingerprint density at radius 2 is 2.46 bits per heavy atom. The van der Waals surface area contributed by atoms with Crippen molar-refractivity contribution in [2.75, 3.05) is 5.32 Å². The highest BCUT2D eigenvalue weighted by Gasteiger charge is 2.09. The number of rotatable bonds is 2. The van der Waals surface area contributed by atoms with E-state index in [1.807, 2.05) is 0 Å². The van der Waals surface area contributed by atoms with Crippen molar-refractivity contribution in [3.63, 3.8) is 0 Å². The monoisotopic (exact) mass is 243 g/mol. The van der Waals surface area contributed by atoms with Crippen LogP contribution in [0, 0.1) is 0 Å². The highest BCUT2D eigenvalue weighted by molar-refractivity contribution is 9.10. The van der Waals surface area contributed by atoms with E-state index in [9.17, 15) is 4.79 Å². The van der Waals surface area contributed by atoms with Gasteiger partial charge in [0.1, 0.15) is 4.60 Å². The summed E-state index contributed by atoms with van der Waals surface area (Å²) in [5.74, 6) is -0.228. The van der Waals surface area contributed by atoms with Crippen LogP contribution < -0.4 is 11.1 Å². The van der Waals surface area contributed by atoms with Gasteiger partial charge in [0.2, 0.25) is 5.91 Å². The van der Waals surface area contributed by atoms with Crippen molar-refractivity contribution in [3.8, 4) is 0 Å². The molecule has 70 valence electrons. The fourth-order valence-corrected chi connectivity index (χ4v) is 1.08. The second-order valence-electron chi connectivity index (χ2n) is 2.62. The number of nitrogens with one attached hydrogen (secondary N) is 1. The largest absolute Gasteiger partial charge is 0.322 e. The molecule has 0 unspecified atom stereocenters. The first-order chi connectivity index (χ1) is 6.11. The molecule has 0 bridgehead atoms. The Hall–Kier alpha value is -0.940. The average molecular weight is 244 g/mol. The van der Waals surface area contributed by atoms with Gasteiger partial charge in [0.25, 0.3) is 0 Å². The second-order valence-corrected chi connectivity index (χ2v) is 3.37. The van der Waals surface area contributed by atoms with E-state index in [1.54, 1.807) is 25.3 Å². The Morgan fingerprint density at radius 3 is 3.00 bits per heavy atom. The summed E-state index contributed by atoms with van der Waals surface area (Å²) in [6.07, 6.45) is 1.63. The van der Waals surface area contributed by atoms with Crippen molar-refractivity contribution < 1.29 is 4.79 Å². The minimum Gasteiger partial charge on any atom is -0.322 e. The van der Waals surface area contributed by atoms with Crippen LogP contribution in [0.15, 0.2) is 22.9 Å². The van der Waals surface area contributed by atoms with Crippen LogP contribution in [0.25, 0.3) is 0 Å². The molecular weight excluding hydrogens is 234 g/mol. The maximum absolute atomic E-state index is 11.2. The maximum atomic E-state index is 11.2. The number of pyridine rings is 1. The third kappa shape index (κ3) is 2.78. The molecule has 4 nitrogen and oxygen atoms in total. The Balaban J connectivity index is 2.75. The minimum atomic E-state index is -0.521. The Labute approximate surface area is 84.7 Å². The third-order valence-electron chi connectivity index (χ3n) is 1.43. The SMILES string of the molecule is C[C@H](N)C(=O)Nc1cccnc1Br. The molecule has 3 N–H and O–H groups in total. The van der Waals surface area contributed by atoms with Crippen LogP contribution in [0.5, 0.6) is 0 Å². The van der Waals surface area contributed by atoms with E-state index in [0.717, 1.165) is 0 Å². The van der Waals surface area contributed by atoms with E-state index in [4.69, 9.17) is 5.73 Å².